The summed E-state index contributed by atoms with van der Waals surface area (Å²) in [6, 6.07) is 13.4. The molecule has 0 saturated heterocycles. The van der Waals surface area contributed by atoms with E-state index in [2.05, 4.69) is 5.16 Å². The second kappa shape index (κ2) is 15.0. The summed E-state index contributed by atoms with van der Waals surface area (Å²) in [6.07, 6.45) is 1.70. The zero-order valence-corrected chi connectivity index (χ0v) is 23.8. The van der Waals surface area contributed by atoms with E-state index in [-0.39, 0.29) is 13.2 Å². The van der Waals surface area contributed by atoms with Crippen molar-refractivity contribution in [2.45, 2.75) is 40.5 Å². The van der Waals surface area contributed by atoms with Gasteiger partial charge in [-0.05, 0) is 98.0 Å². The maximum absolute atomic E-state index is 12.9. The van der Waals surface area contributed by atoms with Crippen LogP contribution >= 0.6 is 36.4 Å². The van der Waals surface area contributed by atoms with E-state index in [1.165, 1.54) is 22.8 Å². The van der Waals surface area contributed by atoms with Crippen LogP contribution in [0.4, 0.5) is 0 Å². The first-order valence-corrected chi connectivity index (χ1v) is 17.7. The lowest BCUT2D eigenvalue weighted by Gasteiger charge is -2.18. The van der Waals surface area contributed by atoms with Crippen LogP contribution in [-0.4, -0.2) is 35.6 Å². The SMILES string of the molecule is CCCSP(=O)(OCC)Oc1ccc(C(=NO)c2ccc(OP(=O)(OCC)SCCC)cc2)cc1. The van der Waals surface area contributed by atoms with Gasteiger partial charge >= 0.3 is 13.6 Å². The third-order valence-corrected chi connectivity index (χ3v) is 12.2. The van der Waals surface area contributed by atoms with Gasteiger partial charge in [-0.3, -0.25) is 9.05 Å². The molecule has 1 N–H and O–H groups in total. The Labute approximate surface area is 215 Å². The highest BCUT2D eigenvalue weighted by atomic mass is 32.7. The monoisotopic (exact) mass is 561 g/mol. The number of hydrogen-bond acceptors (Lipinski definition) is 10. The molecule has 0 aromatic heterocycles. The van der Waals surface area contributed by atoms with Crippen LogP contribution in [0.3, 0.4) is 0 Å². The van der Waals surface area contributed by atoms with Crippen molar-refractivity contribution in [1.29, 1.82) is 0 Å². The van der Waals surface area contributed by atoms with Crippen molar-refractivity contribution in [2.75, 3.05) is 24.7 Å². The van der Waals surface area contributed by atoms with Gasteiger partial charge in [0, 0.05) is 22.6 Å². The minimum Gasteiger partial charge on any atom is -0.417 e. The van der Waals surface area contributed by atoms with Gasteiger partial charge in [0.15, 0.2) is 0 Å². The van der Waals surface area contributed by atoms with E-state index in [0.717, 1.165) is 12.8 Å². The second-order valence-corrected chi connectivity index (χ2v) is 15.3. The Kier molecular flexibility index (Phi) is 12.8. The number of oxime groups is 1. The molecular weight excluding hydrogens is 528 g/mol. The third-order valence-electron chi connectivity index (χ3n) is 4.27. The van der Waals surface area contributed by atoms with Crippen LogP contribution in [0.5, 0.6) is 11.5 Å². The van der Waals surface area contributed by atoms with Crippen molar-refractivity contribution >= 4 is 42.1 Å². The smallest absolute Gasteiger partial charge is 0.417 e. The zero-order valence-electron chi connectivity index (χ0n) is 20.4. The Morgan fingerprint density at radius 1 is 0.743 bits per heavy atom. The lowest BCUT2D eigenvalue weighted by Crippen LogP contribution is -2.04. The first kappa shape index (κ1) is 29.8. The van der Waals surface area contributed by atoms with Gasteiger partial charge in [0.2, 0.25) is 0 Å². The molecular formula is C23H33NO7P2S2. The molecule has 8 nitrogen and oxygen atoms in total. The molecule has 0 saturated carbocycles. The molecule has 2 rings (SSSR count). The van der Waals surface area contributed by atoms with Crippen molar-refractivity contribution in [3.05, 3.63) is 59.7 Å². The Hall–Kier alpha value is -1.41. The van der Waals surface area contributed by atoms with Crippen LogP contribution in [0.1, 0.15) is 51.7 Å². The fourth-order valence-electron chi connectivity index (χ4n) is 2.79. The Morgan fingerprint density at radius 3 is 1.40 bits per heavy atom. The van der Waals surface area contributed by atoms with Crippen LogP contribution in [0.2, 0.25) is 0 Å². The molecule has 0 aliphatic heterocycles. The normalized spacial score (nSPS) is 14.5. The average Bonchev–Trinajstić information content (AvgIpc) is 2.84. The standard InChI is InChI=1S/C23H33NO7P2S2/c1-5-17-34-32(26,28-7-3)30-21-13-9-19(10-14-21)23(24-25)20-11-15-22(16-12-20)31-33(27,29-8-4)35-18-6-2/h9-16,25H,5-8,17-18H2,1-4H3. The Bertz CT molecular complexity index is 954. The number of benzene rings is 2. The predicted molar refractivity (Wildman–Crippen MR) is 146 cm³/mol. The molecule has 0 aliphatic rings. The molecule has 0 aliphatic carbocycles. The summed E-state index contributed by atoms with van der Waals surface area (Å²) in [5, 5.41) is 13.1. The molecule has 0 bridgehead atoms. The molecule has 2 aromatic carbocycles. The molecule has 0 spiro atoms. The van der Waals surface area contributed by atoms with E-state index in [4.69, 9.17) is 18.1 Å². The summed E-state index contributed by atoms with van der Waals surface area (Å²) < 4.78 is 47.8. The predicted octanol–water partition coefficient (Wildman–Crippen LogP) is 8.25. The van der Waals surface area contributed by atoms with Crippen LogP contribution in [0.15, 0.2) is 53.7 Å². The molecule has 35 heavy (non-hydrogen) atoms. The molecule has 0 amide bonds. The van der Waals surface area contributed by atoms with Gasteiger partial charge < -0.3 is 14.3 Å². The molecule has 12 heteroatoms. The van der Waals surface area contributed by atoms with Gasteiger partial charge in [0.25, 0.3) is 0 Å². The molecule has 2 unspecified atom stereocenters. The molecule has 2 atom stereocenters. The highest BCUT2D eigenvalue weighted by molar-refractivity contribution is 8.55. The summed E-state index contributed by atoms with van der Waals surface area (Å²) >= 11 is 2.35. The van der Waals surface area contributed by atoms with Crippen LogP contribution in [0, 0.1) is 0 Å². The summed E-state index contributed by atoms with van der Waals surface area (Å²) in [4.78, 5) is 0. The number of rotatable bonds is 16. The first-order chi connectivity index (χ1) is 16.8. The van der Waals surface area contributed by atoms with Crippen molar-refractivity contribution in [2.24, 2.45) is 5.16 Å². The van der Waals surface area contributed by atoms with E-state index < -0.39 is 13.6 Å². The van der Waals surface area contributed by atoms with Crippen LogP contribution in [-0.2, 0) is 18.2 Å². The third kappa shape index (κ3) is 9.52. The summed E-state index contributed by atoms with van der Waals surface area (Å²) in [7, 11) is 0. The van der Waals surface area contributed by atoms with Crippen LogP contribution < -0.4 is 9.05 Å². The zero-order chi connectivity index (χ0) is 25.7. The summed E-state index contributed by atoms with van der Waals surface area (Å²) in [5.41, 5.74) is 1.57. The fraction of sp³-hybridized carbons (Fsp3) is 0.435. The Balaban J connectivity index is 2.15. The maximum Gasteiger partial charge on any atom is 0.440 e. The van der Waals surface area contributed by atoms with Gasteiger partial charge in [-0.25, -0.2) is 9.13 Å². The average molecular weight is 562 g/mol. The highest BCUT2D eigenvalue weighted by Crippen LogP contribution is 2.61. The van der Waals surface area contributed by atoms with E-state index in [0.29, 0.717) is 39.8 Å². The molecule has 0 heterocycles. The van der Waals surface area contributed by atoms with Gasteiger partial charge in [-0.15, -0.1) is 0 Å². The molecule has 0 radical (unpaired) electrons. The topological polar surface area (TPSA) is 104 Å². The minimum atomic E-state index is -3.31. The quantitative estimate of drug-likeness (QED) is 0.0939. The van der Waals surface area contributed by atoms with E-state index in [1.54, 1.807) is 62.4 Å². The first-order valence-electron chi connectivity index (χ1n) is 11.4. The minimum absolute atomic E-state index is 0.282. The van der Waals surface area contributed by atoms with Crippen LogP contribution in [0.25, 0.3) is 0 Å². The molecule has 0 fully saturated rings. The maximum atomic E-state index is 12.9. The number of hydrogen-bond donors (Lipinski definition) is 1. The van der Waals surface area contributed by atoms with E-state index in [9.17, 15) is 14.3 Å². The number of nitrogens with zero attached hydrogens (tertiary/aromatic N) is 1. The van der Waals surface area contributed by atoms with Crippen molar-refractivity contribution in [3.63, 3.8) is 0 Å². The van der Waals surface area contributed by atoms with Gasteiger partial charge in [-0.1, -0.05) is 19.0 Å². The highest BCUT2D eigenvalue weighted by Gasteiger charge is 2.27. The summed E-state index contributed by atoms with van der Waals surface area (Å²) in [5.74, 6) is 2.11. The lowest BCUT2D eigenvalue weighted by molar-refractivity contribution is 0.295. The lowest BCUT2D eigenvalue weighted by atomic mass is 10.0. The van der Waals surface area contributed by atoms with Gasteiger partial charge in [-0.2, -0.15) is 0 Å². The van der Waals surface area contributed by atoms with Gasteiger partial charge in [0.05, 0.1) is 13.2 Å². The molecule has 194 valence electrons. The van der Waals surface area contributed by atoms with Crippen molar-refractivity contribution in [1.82, 2.24) is 0 Å². The Morgan fingerprint density at radius 2 is 1.11 bits per heavy atom. The molecule has 2 aromatic rings. The van der Waals surface area contributed by atoms with Crippen molar-refractivity contribution in [3.8, 4) is 11.5 Å². The fourth-order valence-corrected chi connectivity index (χ4v) is 9.70. The van der Waals surface area contributed by atoms with Gasteiger partial charge in [0.1, 0.15) is 17.2 Å². The summed E-state index contributed by atoms with van der Waals surface area (Å²) in [6.45, 7) is 1.48. The van der Waals surface area contributed by atoms with E-state index in [1.807, 2.05) is 13.8 Å². The van der Waals surface area contributed by atoms with Crippen molar-refractivity contribution < 1.29 is 32.4 Å². The van der Waals surface area contributed by atoms with E-state index >= 15 is 0 Å². The largest absolute Gasteiger partial charge is 0.440 e. The second-order valence-electron chi connectivity index (χ2n) is 7.08.